The molecule has 2 rings (SSSR count). The Kier molecular flexibility index (Phi) is 4.03. The van der Waals surface area contributed by atoms with Gasteiger partial charge in [0.05, 0.1) is 5.69 Å². The number of aryl methyl sites for hydroxylation is 2. The number of nitrogens with one attached hydrogen (secondary N) is 1. The maximum Gasteiger partial charge on any atom is 0.0651 e. The molecule has 0 aliphatic rings. The summed E-state index contributed by atoms with van der Waals surface area (Å²) in [6, 6.07) is 6.04. The average molecular weight is 203 g/mol. The highest BCUT2D eigenvalue weighted by atomic mass is 15.1. The zero-order valence-corrected chi connectivity index (χ0v) is 9.70. The molecule has 0 spiro atoms. The number of hydrogen-bond acceptors (Lipinski definition) is 2. The van der Waals surface area contributed by atoms with Crippen LogP contribution in [0.2, 0.25) is 0 Å². The highest BCUT2D eigenvalue weighted by Crippen LogP contribution is 2.17. The highest BCUT2D eigenvalue weighted by Gasteiger charge is 2.00. The predicted octanol–water partition coefficient (Wildman–Crippen LogP) is 3.11. The smallest absolute Gasteiger partial charge is 0.0651 e. The molecule has 0 saturated carbocycles. The SMILES string of the molecule is CC.Cc1cc(-c2ccn[nH]2)cc(C)n1. The second kappa shape index (κ2) is 5.29. The summed E-state index contributed by atoms with van der Waals surface area (Å²) in [5.41, 5.74) is 4.24. The minimum absolute atomic E-state index is 1.03. The fraction of sp³-hybridized carbons (Fsp3) is 0.333. The molecule has 0 fully saturated rings. The van der Waals surface area contributed by atoms with Crippen LogP contribution in [0.25, 0.3) is 11.3 Å². The first-order chi connectivity index (χ1) is 7.25. The first-order valence-electron chi connectivity index (χ1n) is 5.21. The minimum atomic E-state index is 1.03. The van der Waals surface area contributed by atoms with Gasteiger partial charge in [-0.15, -0.1) is 0 Å². The van der Waals surface area contributed by atoms with Crippen molar-refractivity contribution in [2.24, 2.45) is 0 Å². The molecule has 0 aliphatic carbocycles. The standard InChI is InChI=1S/C10H11N3.C2H6/c1-7-5-9(6-8(2)12-7)10-3-4-11-13-10;1-2/h3-6H,1-2H3,(H,11,13);1-2H3. The zero-order valence-electron chi connectivity index (χ0n) is 9.70. The summed E-state index contributed by atoms with van der Waals surface area (Å²) in [7, 11) is 0. The highest BCUT2D eigenvalue weighted by molar-refractivity contribution is 5.59. The topological polar surface area (TPSA) is 41.6 Å². The molecule has 3 nitrogen and oxygen atoms in total. The molecule has 2 aromatic heterocycles. The minimum Gasteiger partial charge on any atom is -0.278 e. The van der Waals surface area contributed by atoms with Gasteiger partial charge in [-0.2, -0.15) is 5.10 Å². The summed E-state index contributed by atoms with van der Waals surface area (Å²) >= 11 is 0. The molecular weight excluding hydrogens is 186 g/mol. The Balaban J connectivity index is 0.000000531. The van der Waals surface area contributed by atoms with E-state index in [0.717, 1.165) is 22.6 Å². The summed E-state index contributed by atoms with van der Waals surface area (Å²) in [6.45, 7) is 7.99. The van der Waals surface area contributed by atoms with Crippen LogP contribution in [0.15, 0.2) is 24.4 Å². The van der Waals surface area contributed by atoms with E-state index < -0.39 is 0 Å². The Morgan fingerprint density at radius 1 is 1.07 bits per heavy atom. The first-order valence-corrected chi connectivity index (χ1v) is 5.21. The van der Waals surface area contributed by atoms with Crippen molar-refractivity contribution in [1.82, 2.24) is 15.2 Å². The second-order valence-corrected chi connectivity index (χ2v) is 3.11. The van der Waals surface area contributed by atoms with Gasteiger partial charge in [0.1, 0.15) is 0 Å². The lowest BCUT2D eigenvalue weighted by atomic mass is 10.1. The maximum atomic E-state index is 4.31. The second-order valence-electron chi connectivity index (χ2n) is 3.11. The number of H-pyrrole nitrogens is 1. The summed E-state index contributed by atoms with van der Waals surface area (Å²) in [5.74, 6) is 0. The summed E-state index contributed by atoms with van der Waals surface area (Å²) in [5, 5.41) is 6.84. The van der Waals surface area contributed by atoms with E-state index in [0.29, 0.717) is 0 Å². The molecule has 2 heterocycles. The lowest BCUT2D eigenvalue weighted by Crippen LogP contribution is -1.88. The van der Waals surface area contributed by atoms with Gasteiger partial charge in [-0.3, -0.25) is 10.1 Å². The van der Waals surface area contributed by atoms with Crippen molar-refractivity contribution < 1.29 is 0 Å². The largest absolute Gasteiger partial charge is 0.278 e. The van der Waals surface area contributed by atoms with E-state index in [4.69, 9.17) is 0 Å². The Morgan fingerprint density at radius 3 is 2.13 bits per heavy atom. The third-order valence-electron chi connectivity index (χ3n) is 1.89. The van der Waals surface area contributed by atoms with Crippen LogP contribution in [-0.2, 0) is 0 Å². The molecule has 0 aliphatic heterocycles. The maximum absolute atomic E-state index is 4.31. The van der Waals surface area contributed by atoms with Crippen molar-refractivity contribution in [3.63, 3.8) is 0 Å². The number of hydrogen-bond donors (Lipinski definition) is 1. The van der Waals surface area contributed by atoms with Gasteiger partial charge >= 0.3 is 0 Å². The van der Waals surface area contributed by atoms with Crippen LogP contribution in [0.3, 0.4) is 0 Å². The van der Waals surface area contributed by atoms with E-state index in [2.05, 4.69) is 15.2 Å². The monoisotopic (exact) mass is 203 g/mol. The summed E-state index contributed by atoms with van der Waals surface area (Å²) < 4.78 is 0. The third kappa shape index (κ3) is 2.91. The summed E-state index contributed by atoms with van der Waals surface area (Å²) in [4.78, 5) is 4.31. The van der Waals surface area contributed by atoms with Crippen molar-refractivity contribution in [2.75, 3.05) is 0 Å². The van der Waals surface area contributed by atoms with Crippen molar-refractivity contribution in [1.29, 1.82) is 0 Å². The average Bonchev–Trinajstić information content (AvgIpc) is 2.72. The lowest BCUT2D eigenvalue weighted by Gasteiger charge is -2.00. The van der Waals surface area contributed by atoms with Crippen LogP contribution in [0.5, 0.6) is 0 Å². The van der Waals surface area contributed by atoms with Gasteiger partial charge in [0.2, 0.25) is 0 Å². The predicted molar refractivity (Wildman–Crippen MR) is 62.6 cm³/mol. The number of aromatic amines is 1. The van der Waals surface area contributed by atoms with Gasteiger partial charge in [-0.1, -0.05) is 13.8 Å². The quantitative estimate of drug-likeness (QED) is 0.773. The van der Waals surface area contributed by atoms with Crippen molar-refractivity contribution in [3.05, 3.63) is 35.8 Å². The van der Waals surface area contributed by atoms with Crippen LogP contribution in [0.1, 0.15) is 25.2 Å². The first kappa shape index (κ1) is 11.4. The van der Waals surface area contributed by atoms with Gasteiger partial charge < -0.3 is 0 Å². The Labute approximate surface area is 90.6 Å². The Hall–Kier alpha value is -1.64. The molecule has 0 saturated heterocycles. The molecule has 2 aromatic rings. The Bertz CT molecular complexity index is 385. The van der Waals surface area contributed by atoms with E-state index in [-0.39, 0.29) is 0 Å². The number of aromatic nitrogens is 3. The van der Waals surface area contributed by atoms with Gasteiger partial charge in [-0.05, 0) is 32.0 Å². The molecule has 0 atom stereocenters. The van der Waals surface area contributed by atoms with Crippen LogP contribution in [0.4, 0.5) is 0 Å². The van der Waals surface area contributed by atoms with Crippen molar-refractivity contribution in [2.45, 2.75) is 27.7 Å². The molecule has 0 radical (unpaired) electrons. The van der Waals surface area contributed by atoms with Gasteiger partial charge in [0, 0.05) is 23.1 Å². The van der Waals surface area contributed by atoms with E-state index in [9.17, 15) is 0 Å². The molecule has 0 bridgehead atoms. The Morgan fingerprint density at radius 2 is 1.67 bits per heavy atom. The van der Waals surface area contributed by atoms with Gasteiger partial charge in [0.25, 0.3) is 0 Å². The summed E-state index contributed by atoms with van der Waals surface area (Å²) in [6.07, 6.45) is 1.75. The van der Waals surface area contributed by atoms with Crippen molar-refractivity contribution in [3.8, 4) is 11.3 Å². The molecule has 80 valence electrons. The van der Waals surface area contributed by atoms with Crippen molar-refractivity contribution >= 4 is 0 Å². The zero-order chi connectivity index (χ0) is 11.3. The third-order valence-corrected chi connectivity index (χ3v) is 1.89. The molecule has 0 aromatic carbocycles. The fourth-order valence-corrected chi connectivity index (χ4v) is 1.41. The lowest BCUT2D eigenvalue weighted by molar-refractivity contribution is 1.08. The molecular formula is C12H17N3. The van der Waals surface area contributed by atoms with E-state index >= 15 is 0 Å². The van der Waals surface area contributed by atoms with E-state index in [1.807, 2.05) is 45.9 Å². The fourth-order valence-electron chi connectivity index (χ4n) is 1.41. The van der Waals surface area contributed by atoms with E-state index in [1.54, 1.807) is 6.20 Å². The normalized spacial score (nSPS) is 9.33. The molecule has 0 unspecified atom stereocenters. The number of rotatable bonds is 1. The van der Waals surface area contributed by atoms with Crippen LogP contribution >= 0.6 is 0 Å². The number of pyridine rings is 1. The molecule has 15 heavy (non-hydrogen) atoms. The van der Waals surface area contributed by atoms with Gasteiger partial charge in [-0.25, -0.2) is 0 Å². The molecule has 3 heteroatoms. The van der Waals surface area contributed by atoms with Crippen LogP contribution < -0.4 is 0 Å². The van der Waals surface area contributed by atoms with E-state index in [1.165, 1.54) is 0 Å². The number of nitrogens with zero attached hydrogens (tertiary/aromatic N) is 2. The molecule has 0 amide bonds. The van der Waals surface area contributed by atoms with Crippen LogP contribution in [0, 0.1) is 13.8 Å². The molecule has 1 N–H and O–H groups in total. The van der Waals surface area contributed by atoms with Gasteiger partial charge in [0.15, 0.2) is 0 Å². The van der Waals surface area contributed by atoms with Crippen LogP contribution in [-0.4, -0.2) is 15.2 Å².